The largest absolute Gasteiger partial charge is 0.369 e. The third-order valence-corrected chi connectivity index (χ3v) is 4.97. The standard InChI is InChI=1S/C18H36N6/c1-23(2)18(24(3)4)22-21-17(19-15-11-7-5-8-12-15)20-16-13-9-6-10-14-16/h15-16H,5-14H2,1-4H3,(H2,19,20,21)/p+1. The highest BCUT2D eigenvalue weighted by Gasteiger charge is 2.19. The predicted octanol–water partition coefficient (Wildman–Crippen LogP) is 1.88. The molecule has 138 valence electrons. The second kappa shape index (κ2) is 9.74. The molecule has 0 radical (unpaired) electrons. The maximum atomic E-state index is 5.00. The van der Waals surface area contributed by atoms with Crippen molar-refractivity contribution in [2.24, 2.45) is 4.99 Å². The van der Waals surface area contributed by atoms with Gasteiger partial charge in [-0.2, -0.15) is 5.43 Å². The van der Waals surface area contributed by atoms with Crippen molar-refractivity contribution in [2.75, 3.05) is 28.2 Å². The Morgan fingerprint density at radius 2 is 1.46 bits per heavy atom. The fraction of sp³-hybridized carbons (Fsp3) is 0.889. The minimum absolute atomic E-state index is 0.460. The summed E-state index contributed by atoms with van der Waals surface area (Å²) in [6.45, 7) is 0. The zero-order valence-electron chi connectivity index (χ0n) is 16.1. The van der Waals surface area contributed by atoms with E-state index in [2.05, 4.69) is 25.6 Å². The molecule has 0 heterocycles. The zero-order chi connectivity index (χ0) is 17.4. The van der Waals surface area contributed by atoms with Crippen LogP contribution >= 0.6 is 0 Å². The molecule has 6 nitrogen and oxygen atoms in total. The zero-order valence-corrected chi connectivity index (χ0v) is 16.1. The Morgan fingerprint density at radius 1 is 0.875 bits per heavy atom. The quantitative estimate of drug-likeness (QED) is 0.312. The molecule has 0 aliphatic heterocycles. The summed E-state index contributed by atoms with van der Waals surface area (Å²) in [5, 5.41) is 3.66. The molecule has 2 saturated carbocycles. The molecule has 6 heteroatoms. The second-order valence-electron chi connectivity index (χ2n) is 7.61. The van der Waals surface area contributed by atoms with Gasteiger partial charge >= 0.3 is 5.96 Å². The fourth-order valence-electron chi connectivity index (χ4n) is 3.68. The third-order valence-electron chi connectivity index (χ3n) is 4.97. The molecular formula is C18H37N6+. The van der Waals surface area contributed by atoms with Gasteiger partial charge in [0.1, 0.15) is 0 Å². The molecule has 2 aliphatic carbocycles. The van der Waals surface area contributed by atoms with Crippen LogP contribution in [0.1, 0.15) is 64.2 Å². The number of hydrazine groups is 1. The summed E-state index contributed by atoms with van der Waals surface area (Å²) in [4.78, 5) is 7.06. The molecular weight excluding hydrogens is 300 g/mol. The van der Waals surface area contributed by atoms with E-state index in [1.54, 1.807) is 0 Å². The fourth-order valence-corrected chi connectivity index (χ4v) is 3.68. The molecule has 2 fully saturated rings. The molecule has 0 aromatic rings. The van der Waals surface area contributed by atoms with E-state index in [-0.39, 0.29) is 0 Å². The summed E-state index contributed by atoms with van der Waals surface area (Å²) in [5.41, 5.74) is 6.67. The van der Waals surface area contributed by atoms with E-state index in [1.807, 2.05) is 28.2 Å². The maximum absolute atomic E-state index is 5.00. The minimum atomic E-state index is 0.460. The number of nitrogens with one attached hydrogen (secondary N) is 3. The number of nitrogens with zero attached hydrogens (tertiary/aromatic N) is 3. The Bertz CT molecular complexity index is 427. The Kier molecular flexibility index (Phi) is 7.66. The molecule has 0 unspecified atom stereocenters. The van der Waals surface area contributed by atoms with Crippen LogP contribution in [-0.2, 0) is 0 Å². The second-order valence-corrected chi connectivity index (χ2v) is 7.61. The van der Waals surface area contributed by atoms with E-state index in [9.17, 15) is 0 Å². The smallest absolute Gasteiger partial charge is 0.351 e. The van der Waals surface area contributed by atoms with Crippen LogP contribution in [0.25, 0.3) is 0 Å². The molecule has 24 heavy (non-hydrogen) atoms. The molecule has 2 aliphatic rings. The maximum Gasteiger partial charge on any atom is 0.369 e. The lowest BCUT2D eigenvalue weighted by Gasteiger charge is -2.26. The number of guanidine groups is 2. The molecule has 0 spiro atoms. The first-order valence-corrected chi connectivity index (χ1v) is 9.64. The van der Waals surface area contributed by atoms with Crippen molar-refractivity contribution in [3.05, 3.63) is 0 Å². The van der Waals surface area contributed by atoms with Gasteiger partial charge in [0.25, 0.3) is 0 Å². The van der Waals surface area contributed by atoms with Gasteiger partial charge in [-0.15, -0.1) is 0 Å². The highest BCUT2D eigenvalue weighted by molar-refractivity contribution is 5.83. The molecule has 0 amide bonds. The summed E-state index contributed by atoms with van der Waals surface area (Å²) in [6.07, 6.45) is 13.0. The van der Waals surface area contributed by atoms with E-state index in [0.717, 1.165) is 11.9 Å². The van der Waals surface area contributed by atoms with Crippen molar-refractivity contribution in [3.8, 4) is 0 Å². The summed E-state index contributed by atoms with van der Waals surface area (Å²) in [5.74, 6) is 1.92. The van der Waals surface area contributed by atoms with E-state index in [0.29, 0.717) is 12.1 Å². The minimum Gasteiger partial charge on any atom is -0.351 e. The molecule has 0 bridgehead atoms. The Balaban J connectivity index is 2.00. The van der Waals surface area contributed by atoms with E-state index in [1.165, 1.54) is 64.2 Å². The summed E-state index contributed by atoms with van der Waals surface area (Å²) < 4.78 is 2.06. The molecule has 0 atom stereocenters. The first-order chi connectivity index (χ1) is 11.6. The van der Waals surface area contributed by atoms with Gasteiger partial charge in [0.2, 0.25) is 5.96 Å². The van der Waals surface area contributed by atoms with E-state index in [4.69, 9.17) is 4.99 Å². The predicted molar refractivity (Wildman–Crippen MR) is 101 cm³/mol. The Morgan fingerprint density at radius 3 is 2.00 bits per heavy atom. The molecule has 0 aromatic heterocycles. The summed E-state index contributed by atoms with van der Waals surface area (Å²) in [6, 6.07) is 1.01. The average molecular weight is 338 g/mol. The molecule has 3 N–H and O–H groups in total. The number of hydrogen-bond acceptors (Lipinski definition) is 1. The van der Waals surface area contributed by atoms with Gasteiger partial charge < -0.3 is 5.32 Å². The number of aliphatic imine (C=N–C) groups is 1. The van der Waals surface area contributed by atoms with Crippen molar-refractivity contribution < 1.29 is 4.58 Å². The van der Waals surface area contributed by atoms with Crippen molar-refractivity contribution in [2.45, 2.75) is 76.3 Å². The van der Waals surface area contributed by atoms with Crippen LogP contribution in [-0.4, -0.2) is 61.7 Å². The lowest BCUT2D eigenvalue weighted by molar-refractivity contribution is -0.472. The Labute approximate surface area is 147 Å². The van der Waals surface area contributed by atoms with E-state index < -0.39 is 0 Å². The van der Waals surface area contributed by atoms with Gasteiger partial charge in [-0.1, -0.05) is 38.5 Å². The highest BCUT2D eigenvalue weighted by atomic mass is 15.5. The van der Waals surface area contributed by atoms with Gasteiger partial charge in [0.05, 0.1) is 34.2 Å². The van der Waals surface area contributed by atoms with Crippen molar-refractivity contribution in [3.63, 3.8) is 0 Å². The first kappa shape index (κ1) is 18.9. The molecule has 0 aromatic carbocycles. The van der Waals surface area contributed by atoms with Crippen LogP contribution in [0, 0.1) is 0 Å². The third kappa shape index (κ3) is 6.21. The van der Waals surface area contributed by atoms with Crippen molar-refractivity contribution >= 4 is 11.9 Å². The lowest BCUT2D eigenvalue weighted by atomic mass is 9.95. The van der Waals surface area contributed by atoms with Crippen LogP contribution in [0.3, 0.4) is 0 Å². The van der Waals surface area contributed by atoms with Gasteiger partial charge in [0, 0.05) is 6.04 Å². The van der Waals surface area contributed by atoms with Crippen LogP contribution in [0.2, 0.25) is 0 Å². The molecule has 2 rings (SSSR count). The highest BCUT2D eigenvalue weighted by Crippen LogP contribution is 2.21. The average Bonchev–Trinajstić information content (AvgIpc) is 2.56. The van der Waals surface area contributed by atoms with Crippen LogP contribution in [0.15, 0.2) is 4.99 Å². The SMILES string of the molecule is CN(C)C(NNC(=NC1CCCCC1)NC1CCCCC1)=[N+](C)C. The van der Waals surface area contributed by atoms with Gasteiger partial charge in [-0.25, -0.2) is 10.4 Å². The number of hydrogen-bond donors (Lipinski definition) is 3. The summed E-state index contributed by atoms with van der Waals surface area (Å²) in [7, 11) is 8.15. The monoisotopic (exact) mass is 337 g/mol. The number of rotatable bonds is 2. The summed E-state index contributed by atoms with van der Waals surface area (Å²) >= 11 is 0. The van der Waals surface area contributed by atoms with Crippen LogP contribution in [0.5, 0.6) is 0 Å². The van der Waals surface area contributed by atoms with Gasteiger partial charge in [-0.3, -0.25) is 9.48 Å². The topological polar surface area (TPSA) is 54.7 Å². The van der Waals surface area contributed by atoms with Crippen molar-refractivity contribution in [1.82, 2.24) is 21.1 Å². The normalized spacial score (nSPS) is 20.4. The first-order valence-electron chi connectivity index (χ1n) is 9.64. The van der Waals surface area contributed by atoms with E-state index >= 15 is 0 Å². The van der Waals surface area contributed by atoms with Crippen LogP contribution in [0.4, 0.5) is 0 Å². The van der Waals surface area contributed by atoms with Gasteiger partial charge in [0.15, 0.2) is 0 Å². The lowest BCUT2D eigenvalue weighted by Crippen LogP contribution is -2.56. The van der Waals surface area contributed by atoms with Gasteiger partial charge in [-0.05, 0) is 25.7 Å². The van der Waals surface area contributed by atoms with Crippen molar-refractivity contribution in [1.29, 1.82) is 0 Å². The van der Waals surface area contributed by atoms with Crippen LogP contribution < -0.4 is 16.2 Å². The Hall–Kier alpha value is -1.46. The molecule has 0 saturated heterocycles.